The third-order valence-electron chi connectivity index (χ3n) is 3.35. The standard InChI is InChI=1S/C16H26BrFN4O/c1-19-16(20-7-9-22(2)8-4-10-23-3)21-12-13-11-14(17)5-6-15(13)18/h5-6,11H,4,7-10,12H2,1-3H3,(H2,19,20,21). The summed E-state index contributed by atoms with van der Waals surface area (Å²) >= 11 is 3.35. The fraction of sp³-hybridized carbons (Fsp3) is 0.562. The van der Waals surface area contributed by atoms with Crippen LogP contribution in [0, 0.1) is 5.82 Å². The molecule has 0 bridgehead atoms. The molecule has 0 aliphatic rings. The molecular formula is C16H26BrFN4O. The zero-order chi connectivity index (χ0) is 17.1. The highest BCUT2D eigenvalue weighted by molar-refractivity contribution is 9.10. The molecule has 0 aromatic heterocycles. The van der Waals surface area contributed by atoms with Gasteiger partial charge in [0.15, 0.2) is 5.96 Å². The van der Waals surface area contributed by atoms with Crippen molar-refractivity contribution in [2.45, 2.75) is 13.0 Å². The molecule has 0 unspecified atom stereocenters. The van der Waals surface area contributed by atoms with Crippen LogP contribution in [0.25, 0.3) is 0 Å². The Labute approximate surface area is 146 Å². The molecule has 0 aliphatic heterocycles. The summed E-state index contributed by atoms with van der Waals surface area (Å²) in [5, 5.41) is 6.35. The van der Waals surface area contributed by atoms with Gasteiger partial charge < -0.3 is 20.3 Å². The van der Waals surface area contributed by atoms with Gasteiger partial charge in [0, 0.05) is 57.0 Å². The lowest BCUT2D eigenvalue weighted by Gasteiger charge is -2.18. The van der Waals surface area contributed by atoms with Gasteiger partial charge in [-0.1, -0.05) is 15.9 Å². The number of nitrogens with one attached hydrogen (secondary N) is 2. The third-order valence-corrected chi connectivity index (χ3v) is 3.85. The Morgan fingerprint density at radius 2 is 2.13 bits per heavy atom. The Morgan fingerprint density at radius 3 is 2.83 bits per heavy atom. The zero-order valence-electron chi connectivity index (χ0n) is 14.0. The number of halogens is 2. The molecular weight excluding hydrogens is 363 g/mol. The highest BCUT2D eigenvalue weighted by Gasteiger charge is 2.05. The molecule has 2 N–H and O–H groups in total. The number of methoxy groups -OCH3 is 1. The molecule has 1 rings (SSSR count). The number of rotatable bonds is 9. The van der Waals surface area contributed by atoms with Crippen molar-refractivity contribution >= 4 is 21.9 Å². The Balaban J connectivity index is 2.31. The van der Waals surface area contributed by atoms with Crippen LogP contribution in [0.3, 0.4) is 0 Å². The van der Waals surface area contributed by atoms with E-state index in [0.717, 1.165) is 37.1 Å². The van der Waals surface area contributed by atoms with Crippen LogP contribution in [0.5, 0.6) is 0 Å². The van der Waals surface area contributed by atoms with E-state index in [1.165, 1.54) is 6.07 Å². The monoisotopic (exact) mass is 388 g/mol. The maximum atomic E-state index is 13.7. The van der Waals surface area contributed by atoms with E-state index in [0.29, 0.717) is 18.1 Å². The highest BCUT2D eigenvalue weighted by Crippen LogP contribution is 2.15. The molecule has 0 atom stereocenters. The predicted octanol–water partition coefficient (Wildman–Crippen LogP) is 2.22. The van der Waals surface area contributed by atoms with E-state index in [4.69, 9.17) is 4.74 Å². The summed E-state index contributed by atoms with van der Waals surface area (Å²) in [6.45, 7) is 3.82. The van der Waals surface area contributed by atoms with Gasteiger partial charge in [-0.05, 0) is 31.7 Å². The molecule has 0 heterocycles. The number of hydrogen-bond donors (Lipinski definition) is 2. The summed E-state index contributed by atoms with van der Waals surface area (Å²) in [6, 6.07) is 4.90. The van der Waals surface area contributed by atoms with Gasteiger partial charge in [-0.25, -0.2) is 4.39 Å². The van der Waals surface area contributed by atoms with Crippen LogP contribution in [-0.2, 0) is 11.3 Å². The number of ether oxygens (including phenoxy) is 1. The van der Waals surface area contributed by atoms with Gasteiger partial charge in [-0.3, -0.25) is 4.99 Å². The lowest BCUT2D eigenvalue weighted by molar-refractivity contribution is 0.180. The van der Waals surface area contributed by atoms with E-state index >= 15 is 0 Å². The van der Waals surface area contributed by atoms with Crippen molar-refractivity contribution in [3.05, 3.63) is 34.1 Å². The minimum absolute atomic E-state index is 0.228. The van der Waals surface area contributed by atoms with Crippen LogP contribution < -0.4 is 10.6 Å². The van der Waals surface area contributed by atoms with E-state index in [1.807, 2.05) is 0 Å². The number of likely N-dealkylation sites (N-methyl/N-ethyl adjacent to an activating group) is 1. The quantitative estimate of drug-likeness (QED) is 0.386. The van der Waals surface area contributed by atoms with E-state index in [2.05, 4.69) is 43.5 Å². The van der Waals surface area contributed by atoms with Crippen molar-refractivity contribution in [3.8, 4) is 0 Å². The lowest BCUT2D eigenvalue weighted by Crippen LogP contribution is -2.40. The summed E-state index contributed by atoms with van der Waals surface area (Å²) in [7, 11) is 5.49. The maximum absolute atomic E-state index is 13.7. The Kier molecular flexibility index (Phi) is 9.82. The first-order chi connectivity index (χ1) is 11.1. The fourth-order valence-electron chi connectivity index (χ4n) is 2.03. The summed E-state index contributed by atoms with van der Waals surface area (Å²) in [4.78, 5) is 6.38. The Morgan fingerprint density at radius 1 is 1.35 bits per heavy atom. The van der Waals surface area contributed by atoms with Crippen LogP contribution in [0.4, 0.5) is 4.39 Å². The first-order valence-corrected chi connectivity index (χ1v) is 8.42. The molecule has 0 radical (unpaired) electrons. The molecule has 1 aromatic rings. The molecule has 0 saturated heterocycles. The second-order valence-electron chi connectivity index (χ2n) is 5.24. The average molecular weight is 389 g/mol. The summed E-state index contributed by atoms with van der Waals surface area (Å²) in [6.07, 6.45) is 1.02. The Hall–Kier alpha value is -1.18. The summed E-state index contributed by atoms with van der Waals surface area (Å²) in [5.74, 6) is 0.434. The number of benzene rings is 1. The van der Waals surface area contributed by atoms with E-state index in [-0.39, 0.29) is 5.82 Å². The molecule has 0 saturated carbocycles. The summed E-state index contributed by atoms with van der Waals surface area (Å²) < 4.78 is 19.6. The number of hydrogen-bond acceptors (Lipinski definition) is 3. The predicted molar refractivity (Wildman–Crippen MR) is 96.3 cm³/mol. The van der Waals surface area contributed by atoms with Gasteiger partial charge in [-0.15, -0.1) is 0 Å². The van der Waals surface area contributed by atoms with Crippen molar-refractivity contribution in [1.82, 2.24) is 15.5 Å². The van der Waals surface area contributed by atoms with Gasteiger partial charge in [0.2, 0.25) is 0 Å². The van der Waals surface area contributed by atoms with Gasteiger partial charge in [-0.2, -0.15) is 0 Å². The first kappa shape index (κ1) is 19.9. The first-order valence-electron chi connectivity index (χ1n) is 7.62. The summed E-state index contributed by atoms with van der Waals surface area (Å²) in [5.41, 5.74) is 0.596. The van der Waals surface area contributed by atoms with Crippen molar-refractivity contribution in [3.63, 3.8) is 0 Å². The number of nitrogens with zero attached hydrogens (tertiary/aromatic N) is 2. The SMILES string of the molecule is CN=C(NCCN(C)CCCOC)NCc1cc(Br)ccc1F. The average Bonchev–Trinajstić information content (AvgIpc) is 2.54. The van der Waals surface area contributed by atoms with Crippen LogP contribution in [-0.4, -0.2) is 58.3 Å². The van der Waals surface area contributed by atoms with Crippen LogP contribution in [0.15, 0.2) is 27.7 Å². The van der Waals surface area contributed by atoms with E-state index in [1.54, 1.807) is 26.3 Å². The second kappa shape index (κ2) is 11.4. The molecule has 7 heteroatoms. The topological polar surface area (TPSA) is 48.9 Å². The second-order valence-corrected chi connectivity index (χ2v) is 6.15. The largest absolute Gasteiger partial charge is 0.385 e. The van der Waals surface area contributed by atoms with Crippen molar-refractivity contribution in [2.75, 3.05) is 47.4 Å². The highest BCUT2D eigenvalue weighted by atomic mass is 79.9. The van der Waals surface area contributed by atoms with Crippen molar-refractivity contribution < 1.29 is 9.13 Å². The number of guanidine groups is 1. The molecule has 5 nitrogen and oxygen atoms in total. The van der Waals surface area contributed by atoms with Gasteiger partial charge >= 0.3 is 0 Å². The third kappa shape index (κ3) is 8.29. The molecule has 1 aromatic carbocycles. The zero-order valence-corrected chi connectivity index (χ0v) is 15.6. The normalized spacial score (nSPS) is 11.8. The van der Waals surface area contributed by atoms with Crippen LogP contribution in [0.1, 0.15) is 12.0 Å². The molecule has 130 valence electrons. The molecule has 0 aliphatic carbocycles. The van der Waals surface area contributed by atoms with Crippen molar-refractivity contribution in [2.24, 2.45) is 4.99 Å². The Bertz CT molecular complexity index is 499. The smallest absolute Gasteiger partial charge is 0.191 e. The van der Waals surface area contributed by atoms with Crippen molar-refractivity contribution in [1.29, 1.82) is 0 Å². The molecule has 0 amide bonds. The lowest BCUT2D eigenvalue weighted by atomic mass is 10.2. The molecule has 0 spiro atoms. The molecule has 0 fully saturated rings. The van der Waals surface area contributed by atoms with Gasteiger partial charge in [0.1, 0.15) is 5.82 Å². The minimum atomic E-state index is -0.228. The van der Waals surface area contributed by atoms with Gasteiger partial charge in [0.25, 0.3) is 0 Å². The number of aliphatic imine (C=N–C) groups is 1. The van der Waals surface area contributed by atoms with E-state index in [9.17, 15) is 4.39 Å². The van der Waals surface area contributed by atoms with E-state index < -0.39 is 0 Å². The minimum Gasteiger partial charge on any atom is -0.385 e. The van der Waals surface area contributed by atoms with Gasteiger partial charge in [0.05, 0.1) is 0 Å². The van der Waals surface area contributed by atoms with Crippen LogP contribution in [0.2, 0.25) is 0 Å². The molecule has 23 heavy (non-hydrogen) atoms. The maximum Gasteiger partial charge on any atom is 0.191 e. The fourth-order valence-corrected chi connectivity index (χ4v) is 2.44. The van der Waals surface area contributed by atoms with Crippen LogP contribution >= 0.6 is 15.9 Å².